The highest BCUT2D eigenvalue weighted by atomic mass is 32.1. The predicted molar refractivity (Wildman–Crippen MR) is 125 cm³/mol. The van der Waals surface area contributed by atoms with Crippen LogP contribution >= 0.6 is 11.3 Å². The number of thiazole rings is 1. The van der Waals surface area contributed by atoms with Gasteiger partial charge in [-0.2, -0.15) is 0 Å². The lowest BCUT2D eigenvalue weighted by Gasteiger charge is -2.13. The second kappa shape index (κ2) is 8.43. The van der Waals surface area contributed by atoms with Gasteiger partial charge in [0.1, 0.15) is 23.1 Å². The average molecular weight is 444 g/mol. The Bertz CT molecular complexity index is 1380. The van der Waals surface area contributed by atoms with Crippen LogP contribution < -0.4 is 10.1 Å². The van der Waals surface area contributed by atoms with E-state index in [1.165, 1.54) is 0 Å². The van der Waals surface area contributed by atoms with Crippen LogP contribution in [0.15, 0.2) is 65.2 Å². The molecule has 160 valence electrons. The number of benzene rings is 3. The highest BCUT2D eigenvalue weighted by Crippen LogP contribution is 2.28. The van der Waals surface area contributed by atoms with Crippen molar-refractivity contribution in [1.29, 1.82) is 0 Å². The summed E-state index contributed by atoms with van der Waals surface area (Å²) in [6.07, 6.45) is 0. The summed E-state index contributed by atoms with van der Waals surface area (Å²) in [5, 5.41) is 9.81. The smallest absolute Gasteiger partial charge is 0.255 e. The number of fused-ring (bicyclic) bond motifs is 2. The minimum absolute atomic E-state index is 0.205. The van der Waals surface area contributed by atoms with Crippen molar-refractivity contribution in [3.63, 3.8) is 0 Å². The van der Waals surface area contributed by atoms with E-state index in [0.29, 0.717) is 23.6 Å². The van der Waals surface area contributed by atoms with E-state index in [4.69, 9.17) is 9.26 Å². The van der Waals surface area contributed by atoms with Crippen molar-refractivity contribution in [1.82, 2.24) is 15.5 Å². The van der Waals surface area contributed by atoms with Gasteiger partial charge in [0.15, 0.2) is 0 Å². The van der Waals surface area contributed by atoms with Crippen LogP contribution in [0.25, 0.3) is 21.0 Å². The first-order valence-corrected chi connectivity index (χ1v) is 11.1. The van der Waals surface area contributed by atoms with Gasteiger partial charge in [-0.1, -0.05) is 41.6 Å². The van der Waals surface area contributed by atoms with Crippen LogP contribution in [-0.4, -0.2) is 16.0 Å². The molecule has 1 amide bonds. The fourth-order valence-corrected chi connectivity index (χ4v) is 4.53. The van der Waals surface area contributed by atoms with E-state index >= 15 is 0 Å². The molecule has 6 nitrogen and oxygen atoms in total. The summed E-state index contributed by atoms with van der Waals surface area (Å²) < 4.78 is 12.4. The number of amides is 1. The van der Waals surface area contributed by atoms with Gasteiger partial charge in [-0.3, -0.25) is 4.79 Å². The number of nitrogens with one attached hydrogen (secondary N) is 1. The Labute approximate surface area is 188 Å². The third-order valence-corrected chi connectivity index (χ3v) is 6.42. The average Bonchev–Trinajstić information content (AvgIpc) is 3.37. The molecule has 32 heavy (non-hydrogen) atoms. The maximum absolute atomic E-state index is 13.1. The van der Waals surface area contributed by atoms with Gasteiger partial charge in [0.05, 0.1) is 33.6 Å². The van der Waals surface area contributed by atoms with E-state index in [2.05, 4.69) is 15.5 Å². The molecule has 0 spiro atoms. The molecule has 2 heterocycles. The fourth-order valence-electron chi connectivity index (χ4n) is 3.62. The number of carbonyl (C=O) groups excluding carboxylic acids is 1. The van der Waals surface area contributed by atoms with Gasteiger partial charge in [-0.15, -0.1) is 11.3 Å². The Morgan fingerprint density at radius 3 is 2.56 bits per heavy atom. The number of para-hydroxylation sites is 1. The highest BCUT2D eigenvalue weighted by Gasteiger charge is 2.17. The molecule has 0 aliphatic carbocycles. The molecule has 0 aliphatic rings. The molecule has 0 radical (unpaired) electrons. The van der Waals surface area contributed by atoms with Crippen LogP contribution in [-0.2, 0) is 13.2 Å². The lowest BCUT2D eigenvalue weighted by Crippen LogP contribution is -2.23. The highest BCUT2D eigenvalue weighted by molar-refractivity contribution is 7.18. The van der Waals surface area contributed by atoms with Crippen molar-refractivity contribution in [3.05, 3.63) is 88.3 Å². The number of aryl methyl sites for hydroxylation is 2. The summed E-state index contributed by atoms with van der Waals surface area (Å²) in [4.78, 5) is 17.7. The zero-order valence-corrected chi connectivity index (χ0v) is 18.5. The normalized spacial score (nSPS) is 11.2. The second-order valence-electron chi connectivity index (χ2n) is 7.54. The van der Waals surface area contributed by atoms with Crippen molar-refractivity contribution >= 4 is 38.2 Å². The molecule has 0 atom stereocenters. The van der Waals surface area contributed by atoms with Gasteiger partial charge in [-0.05, 0) is 48.9 Å². The largest absolute Gasteiger partial charge is 0.488 e. The third-order valence-electron chi connectivity index (χ3n) is 5.38. The van der Waals surface area contributed by atoms with Crippen molar-refractivity contribution in [2.75, 3.05) is 0 Å². The fraction of sp³-hybridized carbons (Fsp3) is 0.160. The molecular weight excluding hydrogens is 422 g/mol. The van der Waals surface area contributed by atoms with Crippen LogP contribution in [0.4, 0.5) is 0 Å². The van der Waals surface area contributed by atoms with Gasteiger partial charge in [0.25, 0.3) is 5.91 Å². The standard InChI is InChI=1S/C25H21N3O3S/c1-15-20(16(2)31-28-15)14-30-22-12-18-8-4-3-7-17(18)11-19(22)25(29)26-13-24-27-21-9-5-6-10-23(21)32-24/h3-12H,13-14H2,1-2H3,(H,26,29). The molecule has 5 rings (SSSR count). The molecule has 7 heteroatoms. The molecule has 0 saturated carbocycles. The Hall–Kier alpha value is -3.71. The molecule has 0 unspecified atom stereocenters. The first-order valence-electron chi connectivity index (χ1n) is 10.3. The van der Waals surface area contributed by atoms with Crippen molar-refractivity contribution in [2.45, 2.75) is 27.0 Å². The van der Waals surface area contributed by atoms with Gasteiger partial charge in [0, 0.05) is 0 Å². The number of hydrogen-bond acceptors (Lipinski definition) is 6. The summed E-state index contributed by atoms with van der Waals surface area (Å²) in [5.41, 5.74) is 3.09. The maximum atomic E-state index is 13.1. The van der Waals surface area contributed by atoms with E-state index in [-0.39, 0.29) is 12.5 Å². The Balaban J connectivity index is 1.41. The van der Waals surface area contributed by atoms with Gasteiger partial charge >= 0.3 is 0 Å². The molecule has 5 aromatic rings. The molecule has 2 aromatic heterocycles. The van der Waals surface area contributed by atoms with Gasteiger partial charge in [-0.25, -0.2) is 4.98 Å². The predicted octanol–water partition coefficient (Wildman–Crippen LogP) is 5.56. The molecule has 0 bridgehead atoms. The van der Waals surface area contributed by atoms with E-state index in [9.17, 15) is 4.79 Å². The summed E-state index contributed by atoms with van der Waals surface area (Å²) in [6.45, 7) is 4.36. The van der Waals surface area contributed by atoms with Crippen LogP contribution in [0, 0.1) is 13.8 Å². The summed E-state index contributed by atoms with van der Waals surface area (Å²) in [5.74, 6) is 1.03. The molecular formula is C25H21N3O3S. The number of rotatable bonds is 6. The van der Waals surface area contributed by atoms with Gasteiger partial charge < -0.3 is 14.6 Å². The van der Waals surface area contributed by atoms with Crippen molar-refractivity contribution in [2.24, 2.45) is 0 Å². The Kier molecular flexibility index (Phi) is 5.33. The summed E-state index contributed by atoms with van der Waals surface area (Å²) in [7, 11) is 0. The molecule has 0 aliphatic heterocycles. The monoisotopic (exact) mass is 443 g/mol. The van der Waals surface area contributed by atoms with E-state index in [1.54, 1.807) is 11.3 Å². The van der Waals surface area contributed by atoms with Crippen LogP contribution in [0.2, 0.25) is 0 Å². The van der Waals surface area contributed by atoms with Gasteiger partial charge in [0.2, 0.25) is 0 Å². The Morgan fingerprint density at radius 1 is 1.06 bits per heavy atom. The minimum Gasteiger partial charge on any atom is -0.488 e. The van der Waals surface area contributed by atoms with Crippen LogP contribution in [0.5, 0.6) is 5.75 Å². The Morgan fingerprint density at radius 2 is 1.81 bits per heavy atom. The lowest BCUT2D eigenvalue weighted by atomic mass is 10.1. The van der Waals surface area contributed by atoms with E-state index in [0.717, 1.165) is 37.3 Å². The topological polar surface area (TPSA) is 77.2 Å². The zero-order chi connectivity index (χ0) is 22.1. The first-order chi connectivity index (χ1) is 15.6. The number of nitrogens with zero attached hydrogens (tertiary/aromatic N) is 2. The number of ether oxygens (including phenoxy) is 1. The number of hydrogen-bond donors (Lipinski definition) is 1. The quantitative estimate of drug-likeness (QED) is 0.372. The van der Waals surface area contributed by atoms with E-state index in [1.807, 2.05) is 74.5 Å². The van der Waals surface area contributed by atoms with Crippen molar-refractivity contribution < 1.29 is 14.1 Å². The van der Waals surface area contributed by atoms with Crippen LogP contribution in [0.3, 0.4) is 0 Å². The number of carbonyl (C=O) groups is 1. The third kappa shape index (κ3) is 3.94. The molecule has 1 N–H and O–H groups in total. The second-order valence-corrected chi connectivity index (χ2v) is 8.66. The minimum atomic E-state index is -0.205. The SMILES string of the molecule is Cc1noc(C)c1COc1cc2ccccc2cc1C(=O)NCc1nc2ccccc2s1. The number of aromatic nitrogens is 2. The maximum Gasteiger partial charge on any atom is 0.255 e. The summed E-state index contributed by atoms with van der Waals surface area (Å²) >= 11 is 1.58. The lowest BCUT2D eigenvalue weighted by molar-refractivity contribution is 0.0946. The molecule has 3 aromatic carbocycles. The first kappa shape index (κ1) is 20.2. The molecule has 0 fully saturated rings. The zero-order valence-electron chi connectivity index (χ0n) is 17.7. The van der Waals surface area contributed by atoms with Crippen LogP contribution in [0.1, 0.15) is 32.4 Å². The summed E-state index contributed by atoms with van der Waals surface area (Å²) in [6, 6.07) is 19.6. The van der Waals surface area contributed by atoms with Crippen molar-refractivity contribution in [3.8, 4) is 5.75 Å². The molecule has 0 saturated heterocycles. The van der Waals surface area contributed by atoms with E-state index < -0.39 is 0 Å².